The molecular weight excluding hydrogens is 290 g/mol. The van der Waals surface area contributed by atoms with Gasteiger partial charge >= 0.3 is 0 Å². The molecule has 3 N–H and O–H groups in total. The first kappa shape index (κ1) is 19.2. The van der Waals surface area contributed by atoms with Gasteiger partial charge < -0.3 is 16.0 Å². The minimum absolute atomic E-state index is 0.0153. The van der Waals surface area contributed by atoms with Gasteiger partial charge in [-0.2, -0.15) is 0 Å². The maximum atomic E-state index is 12.5. The number of amides is 2. The molecule has 0 fully saturated rings. The van der Waals surface area contributed by atoms with Gasteiger partial charge in [0.15, 0.2) is 0 Å². The number of para-hydroxylation sites is 1. The van der Waals surface area contributed by atoms with Crippen molar-refractivity contribution in [1.29, 1.82) is 0 Å². The van der Waals surface area contributed by atoms with Gasteiger partial charge in [-0.25, -0.2) is 0 Å². The second-order valence-electron chi connectivity index (χ2n) is 7.54. The number of carbonyl (C=O) groups is 2. The Kier molecular flexibility index (Phi) is 6.33. The van der Waals surface area contributed by atoms with Crippen LogP contribution in [0.25, 0.3) is 0 Å². The van der Waals surface area contributed by atoms with Crippen LogP contribution in [0, 0.1) is 5.41 Å². The van der Waals surface area contributed by atoms with E-state index in [1.807, 2.05) is 30.3 Å². The predicted octanol–water partition coefficient (Wildman–Crippen LogP) is 2.54. The molecule has 1 aromatic rings. The third-order valence-electron chi connectivity index (χ3n) is 3.52. The summed E-state index contributed by atoms with van der Waals surface area (Å²) in [4.78, 5) is 24.9. The third-order valence-corrected chi connectivity index (χ3v) is 3.52. The Hall–Kier alpha value is -1.88. The number of benzene rings is 1. The zero-order valence-electron chi connectivity index (χ0n) is 15.0. The van der Waals surface area contributed by atoms with Gasteiger partial charge in [-0.05, 0) is 44.9 Å². The highest BCUT2D eigenvalue weighted by atomic mass is 16.2. The van der Waals surface area contributed by atoms with Crippen molar-refractivity contribution in [2.45, 2.75) is 52.6 Å². The quantitative estimate of drug-likeness (QED) is 0.754. The Morgan fingerprint density at radius 2 is 1.61 bits per heavy atom. The summed E-state index contributed by atoms with van der Waals surface area (Å²) in [6.45, 7) is 9.65. The monoisotopic (exact) mass is 319 g/mol. The molecule has 1 unspecified atom stereocenters. The fraction of sp³-hybridized carbons (Fsp3) is 0.556. The molecule has 1 rings (SSSR count). The summed E-state index contributed by atoms with van der Waals surface area (Å²) in [5, 5.41) is 8.68. The molecule has 128 valence electrons. The van der Waals surface area contributed by atoms with Crippen LogP contribution in [-0.4, -0.2) is 30.4 Å². The van der Waals surface area contributed by atoms with Gasteiger partial charge in [-0.15, -0.1) is 0 Å². The normalized spacial score (nSPS) is 13.3. The lowest BCUT2D eigenvalue weighted by molar-refractivity contribution is -0.130. The van der Waals surface area contributed by atoms with Crippen LogP contribution in [0.5, 0.6) is 0 Å². The molecule has 5 heteroatoms. The van der Waals surface area contributed by atoms with Gasteiger partial charge in [0, 0.05) is 5.69 Å². The average molecular weight is 319 g/mol. The zero-order chi connectivity index (χ0) is 17.7. The molecule has 5 nitrogen and oxygen atoms in total. The smallest absolute Gasteiger partial charge is 0.249 e. The second kappa shape index (κ2) is 7.59. The number of likely N-dealkylation sites (N-methyl/N-ethyl adjacent to an activating group) is 1. The van der Waals surface area contributed by atoms with E-state index in [0.29, 0.717) is 12.1 Å². The van der Waals surface area contributed by atoms with E-state index < -0.39 is 5.54 Å². The molecule has 0 aliphatic heterocycles. The summed E-state index contributed by atoms with van der Waals surface area (Å²) in [6, 6.07) is 8.87. The van der Waals surface area contributed by atoms with Crippen LogP contribution in [0.4, 0.5) is 5.69 Å². The highest BCUT2D eigenvalue weighted by molar-refractivity contribution is 6.00. The van der Waals surface area contributed by atoms with Gasteiger partial charge in [0.2, 0.25) is 11.8 Å². The molecule has 0 aliphatic rings. The average Bonchev–Trinajstić information content (AvgIpc) is 2.44. The van der Waals surface area contributed by atoms with Crippen molar-refractivity contribution in [3.63, 3.8) is 0 Å². The lowest BCUT2D eigenvalue weighted by Crippen LogP contribution is -2.57. The SMILES string of the molecule is CNC(CC(C)(C)C)C(=O)NC(C)(C)C(=O)Nc1ccccc1. The molecule has 1 atom stereocenters. The number of anilines is 1. The Balaban J connectivity index is 2.72. The number of hydrogen-bond donors (Lipinski definition) is 3. The lowest BCUT2D eigenvalue weighted by Gasteiger charge is -2.30. The molecule has 0 aromatic heterocycles. The number of hydrogen-bond acceptors (Lipinski definition) is 3. The lowest BCUT2D eigenvalue weighted by atomic mass is 9.87. The van der Waals surface area contributed by atoms with Crippen molar-refractivity contribution in [2.24, 2.45) is 5.41 Å². The maximum absolute atomic E-state index is 12.5. The molecule has 1 aromatic carbocycles. The first-order valence-corrected chi connectivity index (χ1v) is 7.91. The standard InChI is InChI=1S/C18H29N3O2/c1-17(2,3)12-14(19-6)15(22)21-18(4,5)16(23)20-13-10-8-7-9-11-13/h7-11,14,19H,12H2,1-6H3,(H,20,23)(H,21,22). The van der Waals surface area contributed by atoms with Gasteiger partial charge in [-0.1, -0.05) is 39.0 Å². The second-order valence-corrected chi connectivity index (χ2v) is 7.54. The van der Waals surface area contributed by atoms with Crippen molar-refractivity contribution in [3.05, 3.63) is 30.3 Å². The van der Waals surface area contributed by atoms with Gasteiger partial charge in [0.05, 0.1) is 6.04 Å². The molecule has 0 heterocycles. The summed E-state index contributed by atoms with van der Waals surface area (Å²) in [5.74, 6) is -0.418. The van der Waals surface area contributed by atoms with Crippen molar-refractivity contribution in [1.82, 2.24) is 10.6 Å². The third kappa shape index (κ3) is 6.40. The van der Waals surface area contributed by atoms with E-state index in [1.54, 1.807) is 20.9 Å². The molecular formula is C18H29N3O2. The van der Waals surface area contributed by atoms with Crippen LogP contribution in [0.3, 0.4) is 0 Å². The number of carbonyl (C=O) groups excluding carboxylic acids is 2. The van der Waals surface area contributed by atoms with E-state index in [9.17, 15) is 9.59 Å². The van der Waals surface area contributed by atoms with Crippen molar-refractivity contribution in [2.75, 3.05) is 12.4 Å². The summed E-state index contributed by atoms with van der Waals surface area (Å²) in [6.07, 6.45) is 0.686. The highest BCUT2D eigenvalue weighted by Crippen LogP contribution is 2.21. The minimum atomic E-state index is -1.00. The first-order valence-electron chi connectivity index (χ1n) is 7.91. The molecule has 2 amide bonds. The summed E-state index contributed by atoms with van der Waals surface area (Å²) < 4.78 is 0. The van der Waals surface area contributed by atoms with Crippen molar-refractivity contribution in [3.8, 4) is 0 Å². The Labute approximate surface area is 139 Å². The number of rotatable bonds is 6. The van der Waals surface area contributed by atoms with E-state index in [1.165, 1.54) is 0 Å². The predicted molar refractivity (Wildman–Crippen MR) is 94.2 cm³/mol. The first-order chi connectivity index (χ1) is 10.5. The van der Waals surface area contributed by atoms with E-state index >= 15 is 0 Å². The molecule has 0 saturated carbocycles. The van der Waals surface area contributed by atoms with E-state index in [-0.39, 0.29) is 23.3 Å². The summed E-state index contributed by atoms with van der Waals surface area (Å²) in [5.41, 5.74) is -0.277. The molecule has 0 spiro atoms. The van der Waals surface area contributed by atoms with Crippen molar-refractivity contribution >= 4 is 17.5 Å². The van der Waals surface area contributed by atoms with Gasteiger partial charge in [0.25, 0.3) is 0 Å². The van der Waals surface area contributed by atoms with Crippen LogP contribution in [0.1, 0.15) is 41.0 Å². The summed E-state index contributed by atoms with van der Waals surface area (Å²) in [7, 11) is 1.76. The number of nitrogens with one attached hydrogen (secondary N) is 3. The van der Waals surface area contributed by atoms with Crippen LogP contribution in [0.15, 0.2) is 30.3 Å². The maximum Gasteiger partial charge on any atom is 0.249 e. The molecule has 0 bridgehead atoms. The molecule has 0 aliphatic carbocycles. The zero-order valence-corrected chi connectivity index (χ0v) is 15.0. The van der Waals surface area contributed by atoms with Crippen molar-refractivity contribution < 1.29 is 9.59 Å². The van der Waals surface area contributed by atoms with Crippen LogP contribution in [-0.2, 0) is 9.59 Å². The highest BCUT2D eigenvalue weighted by Gasteiger charge is 2.33. The van der Waals surface area contributed by atoms with Crippen LogP contribution in [0.2, 0.25) is 0 Å². The Morgan fingerprint density at radius 1 is 1.04 bits per heavy atom. The van der Waals surface area contributed by atoms with Gasteiger partial charge in [0.1, 0.15) is 5.54 Å². The van der Waals surface area contributed by atoms with Crippen LogP contribution < -0.4 is 16.0 Å². The van der Waals surface area contributed by atoms with Crippen LogP contribution >= 0.6 is 0 Å². The van der Waals surface area contributed by atoms with E-state index in [4.69, 9.17) is 0 Å². The van der Waals surface area contributed by atoms with E-state index in [2.05, 4.69) is 36.7 Å². The van der Waals surface area contributed by atoms with Gasteiger partial charge in [-0.3, -0.25) is 9.59 Å². The molecule has 0 radical (unpaired) electrons. The Bertz CT molecular complexity index is 533. The fourth-order valence-electron chi connectivity index (χ4n) is 2.20. The fourth-order valence-corrected chi connectivity index (χ4v) is 2.20. The summed E-state index contributed by atoms with van der Waals surface area (Å²) >= 11 is 0. The molecule has 23 heavy (non-hydrogen) atoms. The molecule has 0 saturated heterocycles. The largest absolute Gasteiger partial charge is 0.341 e. The van der Waals surface area contributed by atoms with E-state index in [0.717, 1.165) is 0 Å². The topological polar surface area (TPSA) is 70.2 Å². The minimum Gasteiger partial charge on any atom is -0.341 e. The Morgan fingerprint density at radius 3 is 2.09 bits per heavy atom.